The number of aryl methyl sites for hydroxylation is 2. The molecule has 2 heterocycles. The lowest BCUT2D eigenvalue weighted by Gasteiger charge is -2.18. The third kappa shape index (κ3) is 3.39. The normalized spacial score (nSPS) is 13.8. The van der Waals surface area contributed by atoms with Gasteiger partial charge in [0.1, 0.15) is 0 Å². The Labute approximate surface area is 125 Å². The van der Waals surface area contributed by atoms with Gasteiger partial charge in [-0.2, -0.15) is 0 Å². The lowest BCUT2D eigenvalue weighted by Crippen LogP contribution is -2.13. The lowest BCUT2D eigenvalue weighted by atomic mass is 9.95. The second kappa shape index (κ2) is 6.68. The van der Waals surface area contributed by atoms with Gasteiger partial charge in [0, 0.05) is 36.1 Å². The molecule has 0 saturated carbocycles. The fraction of sp³-hybridized carbons (Fsp3) is 0.412. The highest BCUT2D eigenvalue weighted by molar-refractivity contribution is 5.35. The fourth-order valence-corrected chi connectivity index (χ4v) is 2.73. The molecule has 2 aromatic heterocycles. The van der Waals surface area contributed by atoms with Gasteiger partial charge in [0.05, 0.1) is 6.61 Å². The number of hydrogen-bond donors (Lipinski definition) is 1. The SMILES string of the molecule is NCc1cc2c(nc1OCCc1ccccn1)CCCC2. The monoisotopic (exact) mass is 283 g/mol. The van der Waals surface area contributed by atoms with Crippen molar-refractivity contribution in [3.8, 4) is 5.88 Å². The molecule has 2 N–H and O–H groups in total. The summed E-state index contributed by atoms with van der Waals surface area (Å²) in [7, 11) is 0. The first-order valence-corrected chi connectivity index (χ1v) is 7.61. The third-order valence-electron chi connectivity index (χ3n) is 3.88. The molecule has 0 aliphatic heterocycles. The summed E-state index contributed by atoms with van der Waals surface area (Å²) < 4.78 is 5.87. The number of aromatic nitrogens is 2. The zero-order valence-electron chi connectivity index (χ0n) is 12.2. The minimum Gasteiger partial charge on any atom is -0.477 e. The zero-order valence-corrected chi connectivity index (χ0v) is 12.2. The molecule has 4 heteroatoms. The van der Waals surface area contributed by atoms with Crippen LogP contribution in [-0.2, 0) is 25.8 Å². The van der Waals surface area contributed by atoms with Crippen LogP contribution in [0.3, 0.4) is 0 Å². The molecule has 1 aliphatic rings. The summed E-state index contributed by atoms with van der Waals surface area (Å²) in [5, 5.41) is 0. The molecule has 4 nitrogen and oxygen atoms in total. The van der Waals surface area contributed by atoms with E-state index < -0.39 is 0 Å². The van der Waals surface area contributed by atoms with E-state index in [0.29, 0.717) is 19.0 Å². The van der Waals surface area contributed by atoms with E-state index in [4.69, 9.17) is 15.5 Å². The first-order valence-electron chi connectivity index (χ1n) is 7.61. The first-order chi connectivity index (χ1) is 10.4. The van der Waals surface area contributed by atoms with Gasteiger partial charge >= 0.3 is 0 Å². The Hall–Kier alpha value is -1.94. The molecule has 0 radical (unpaired) electrons. The van der Waals surface area contributed by atoms with E-state index >= 15 is 0 Å². The van der Waals surface area contributed by atoms with Crippen molar-refractivity contribution >= 4 is 0 Å². The molecule has 0 amide bonds. The van der Waals surface area contributed by atoms with Gasteiger partial charge in [0.2, 0.25) is 5.88 Å². The van der Waals surface area contributed by atoms with Gasteiger partial charge in [-0.25, -0.2) is 4.98 Å². The molecule has 0 atom stereocenters. The molecule has 1 aliphatic carbocycles. The molecular weight excluding hydrogens is 262 g/mol. The van der Waals surface area contributed by atoms with Gasteiger partial charge in [-0.1, -0.05) is 6.07 Å². The Kier molecular flexibility index (Phi) is 4.46. The van der Waals surface area contributed by atoms with Crippen molar-refractivity contribution in [3.05, 3.63) is 53.0 Å². The summed E-state index contributed by atoms with van der Waals surface area (Å²) in [5.41, 5.74) is 10.4. The van der Waals surface area contributed by atoms with E-state index in [-0.39, 0.29) is 0 Å². The Bertz CT molecular complexity index is 598. The largest absolute Gasteiger partial charge is 0.477 e. The van der Waals surface area contributed by atoms with E-state index in [0.717, 1.165) is 30.5 Å². The van der Waals surface area contributed by atoms with Crippen LogP contribution in [-0.4, -0.2) is 16.6 Å². The van der Waals surface area contributed by atoms with Crippen molar-refractivity contribution in [2.24, 2.45) is 5.73 Å². The van der Waals surface area contributed by atoms with Crippen molar-refractivity contribution in [3.63, 3.8) is 0 Å². The number of ether oxygens (including phenoxy) is 1. The first kappa shape index (κ1) is 14.0. The molecular formula is C17H21N3O. The minimum absolute atomic E-state index is 0.471. The van der Waals surface area contributed by atoms with Gasteiger partial charge in [-0.3, -0.25) is 4.98 Å². The quantitative estimate of drug-likeness (QED) is 0.915. The maximum absolute atomic E-state index is 5.87. The van der Waals surface area contributed by atoms with Gasteiger partial charge in [0.15, 0.2) is 0 Å². The Balaban J connectivity index is 1.69. The van der Waals surface area contributed by atoms with Crippen molar-refractivity contribution in [1.29, 1.82) is 0 Å². The average Bonchev–Trinajstić information content (AvgIpc) is 2.55. The molecule has 0 bridgehead atoms. The molecule has 110 valence electrons. The molecule has 0 saturated heterocycles. The van der Waals surface area contributed by atoms with Crippen LogP contribution in [0, 0.1) is 0 Å². The van der Waals surface area contributed by atoms with Gasteiger partial charge < -0.3 is 10.5 Å². The van der Waals surface area contributed by atoms with Crippen LogP contribution in [0.15, 0.2) is 30.5 Å². The Morgan fingerprint density at radius 2 is 2.10 bits per heavy atom. The minimum atomic E-state index is 0.471. The van der Waals surface area contributed by atoms with Crippen molar-refractivity contribution in [2.75, 3.05) is 6.61 Å². The molecule has 21 heavy (non-hydrogen) atoms. The lowest BCUT2D eigenvalue weighted by molar-refractivity contribution is 0.303. The standard InChI is InChI=1S/C17H21N3O/c18-12-14-11-13-5-1-2-7-16(13)20-17(14)21-10-8-15-6-3-4-9-19-15/h3-4,6,9,11H,1-2,5,7-8,10,12,18H2. The summed E-state index contributed by atoms with van der Waals surface area (Å²) in [6.45, 7) is 1.05. The summed E-state index contributed by atoms with van der Waals surface area (Å²) in [5.74, 6) is 0.703. The predicted molar refractivity (Wildman–Crippen MR) is 82.2 cm³/mol. The van der Waals surface area contributed by atoms with Gasteiger partial charge in [-0.05, 0) is 49.4 Å². The second-order valence-corrected chi connectivity index (χ2v) is 5.39. The number of hydrogen-bond acceptors (Lipinski definition) is 4. The topological polar surface area (TPSA) is 61.0 Å². The zero-order chi connectivity index (χ0) is 14.5. The number of fused-ring (bicyclic) bond motifs is 1. The van der Waals surface area contributed by atoms with Crippen molar-refractivity contribution in [2.45, 2.75) is 38.6 Å². The number of nitrogens with two attached hydrogens (primary N) is 1. The van der Waals surface area contributed by atoms with Crippen LogP contribution < -0.4 is 10.5 Å². The third-order valence-corrected chi connectivity index (χ3v) is 3.88. The van der Waals surface area contributed by atoms with E-state index in [1.165, 1.54) is 24.1 Å². The van der Waals surface area contributed by atoms with Gasteiger partial charge in [0.25, 0.3) is 0 Å². The predicted octanol–water partition coefficient (Wildman–Crippen LogP) is 2.44. The van der Waals surface area contributed by atoms with E-state index in [1.807, 2.05) is 18.2 Å². The van der Waals surface area contributed by atoms with E-state index in [2.05, 4.69) is 11.1 Å². The van der Waals surface area contributed by atoms with E-state index in [1.54, 1.807) is 6.20 Å². The molecule has 0 unspecified atom stereocenters. The smallest absolute Gasteiger partial charge is 0.218 e. The average molecular weight is 283 g/mol. The summed E-state index contributed by atoms with van der Waals surface area (Å²) in [6, 6.07) is 8.10. The molecule has 0 aromatic carbocycles. The van der Waals surface area contributed by atoms with Crippen molar-refractivity contribution < 1.29 is 4.74 Å². The van der Waals surface area contributed by atoms with Crippen LogP contribution in [0.1, 0.15) is 35.4 Å². The Morgan fingerprint density at radius 3 is 2.90 bits per heavy atom. The summed E-state index contributed by atoms with van der Waals surface area (Å²) in [6.07, 6.45) is 7.22. The molecule has 3 rings (SSSR count). The number of pyridine rings is 2. The van der Waals surface area contributed by atoms with Gasteiger partial charge in [-0.15, -0.1) is 0 Å². The summed E-state index contributed by atoms with van der Waals surface area (Å²) in [4.78, 5) is 8.99. The van der Waals surface area contributed by atoms with E-state index in [9.17, 15) is 0 Å². The highest BCUT2D eigenvalue weighted by Crippen LogP contribution is 2.25. The molecule has 2 aromatic rings. The highest BCUT2D eigenvalue weighted by atomic mass is 16.5. The number of rotatable bonds is 5. The highest BCUT2D eigenvalue weighted by Gasteiger charge is 2.15. The second-order valence-electron chi connectivity index (χ2n) is 5.39. The van der Waals surface area contributed by atoms with Crippen LogP contribution in [0.2, 0.25) is 0 Å². The van der Waals surface area contributed by atoms with Crippen LogP contribution in [0.5, 0.6) is 5.88 Å². The summed E-state index contributed by atoms with van der Waals surface area (Å²) >= 11 is 0. The Morgan fingerprint density at radius 1 is 1.19 bits per heavy atom. The maximum atomic E-state index is 5.87. The van der Waals surface area contributed by atoms with Crippen molar-refractivity contribution in [1.82, 2.24) is 9.97 Å². The maximum Gasteiger partial charge on any atom is 0.218 e. The fourth-order valence-electron chi connectivity index (χ4n) is 2.73. The number of nitrogens with zero attached hydrogens (tertiary/aromatic N) is 2. The van der Waals surface area contributed by atoms with Crippen LogP contribution in [0.4, 0.5) is 0 Å². The van der Waals surface area contributed by atoms with Crippen LogP contribution >= 0.6 is 0 Å². The molecule has 0 spiro atoms. The molecule has 0 fully saturated rings. The van der Waals surface area contributed by atoms with Crippen LogP contribution in [0.25, 0.3) is 0 Å².